The molecule has 2 aliphatic rings. The lowest BCUT2D eigenvalue weighted by molar-refractivity contribution is 0.400. The van der Waals surface area contributed by atoms with E-state index in [1.165, 1.54) is 297 Å². The van der Waals surface area contributed by atoms with E-state index in [0.717, 1.165) is 22.6 Å². The summed E-state index contributed by atoms with van der Waals surface area (Å²) in [6.45, 7) is 13.7. The van der Waals surface area contributed by atoms with E-state index >= 15 is 0 Å². The molecule has 0 N–H and O–H groups in total. The van der Waals surface area contributed by atoms with Crippen LogP contribution in [0.2, 0.25) is 0 Å². The van der Waals surface area contributed by atoms with Crippen molar-refractivity contribution in [2.75, 3.05) is 0 Å². The quantitative estimate of drug-likeness (QED) is 0.0357. The van der Waals surface area contributed by atoms with Crippen LogP contribution in [-0.4, -0.2) is 9.97 Å². The van der Waals surface area contributed by atoms with Gasteiger partial charge in [0.1, 0.15) is 22.1 Å². The van der Waals surface area contributed by atoms with E-state index in [9.17, 15) is 9.59 Å². The summed E-state index contributed by atoms with van der Waals surface area (Å²) in [5.41, 5.74) is 3.22. The maximum Gasteiger partial charge on any atom is 0.233 e. The van der Waals surface area contributed by atoms with E-state index in [-0.39, 0.29) is 21.6 Å². The Morgan fingerprint density at radius 2 is 0.588 bits per heavy atom. The van der Waals surface area contributed by atoms with Crippen molar-refractivity contribution < 1.29 is 0 Å². The first-order valence-electron chi connectivity index (χ1n) is 33.6. The largest absolute Gasteiger partial charge is 0.285 e. The minimum absolute atomic E-state index is 0.219. The molecule has 4 nitrogen and oxygen atoms in total. The zero-order chi connectivity index (χ0) is 56.6. The van der Waals surface area contributed by atoms with Gasteiger partial charge in [0.25, 0.3) is 0 Å². The van der Waals surface area contributed by atoms with Gasteiger partial charge in [-0.15, -0.1) is 45.3 Å². The Bertz CT molecular complexity index is 2530. The lowest BCUT2D eigenvalue weighted by Gasteiger charge is -2.17. The van der Waals surface area contributed by atoms with Crippen molar-refractivity contribution in [1.82, 2.24) is 9.97 Å². The number of nitrogens with zero attached hydrogens (tertiary/aromatic N) is 2. The van der Waals surface area contributed by atoms with Gasteiger partial charge in [-0.05, 0) is 86.1 Å². The molecular weight excluding hydrogens is 1050 g/mol. The van der Waals surface area contributed by atoms with Gasteiger partial charge in [-0.2, -0.15) is 0 Å². The molecule has 444 valence electrons. The summed E-state index contributed by atoms with van der Waals surface area (Å²) in [5, 5.41) is 0.438. The molecular formula is C72H110N2O2S4. The van der Waals surface area contributed by atoms with Crippen LogP contribution in [0.5, 0.6) is 0 Å². The second-order valence-electron chi connectivity index (χ2n) is 24.6. The lowest BCUT2D eigenvalue weighted by atomic mass is 9.88. The number of unbranched alkanes of at least 4 members (excludes halogenated alkanes) is 32. The molecule has 6 rings (SSSR count). The van der Waals surface area contributed by atoms with Gasteiger partial charge in [-0.3, -0.25) is 9.59 Å². The average molecular weight is 1160 g/mol. The van der Waals surface area contributed by atoms with Crippen molar-refractivity contribution in [3.05, 3.63) is 88.4 Å². The second kappa shape index (κ2) is 39.0. The van der Waals surface area contributed by atoms with Crippen molar-refractivity contribution >= 4 is 45.3 Å². The second-order valence-corrected chi connectivity index (χ2v) is 29.3. The predicted octanol–water partition coefficient (Wildman–Crippen LogP) is 24.3. The molecule has 0 amide bonds. The average Bonchev–Trinajstić information content (AvgIpc) is 4.43. The number of aryl methyl sites for hydroxylation is 2. The number of aromatic nitrogens is 2. The molecule has 2 atom stereocenters. The van der Waals surface area contributed by atoms with Crippen molar-refractivity contribution in [2.24, 2.45) is 11.8 Å². The van der Waals surface area contributed by atoms with E-state index in [0.29, 0.717) is 23.2 Å². The van der Waals surface area contributed by atoms with Gasteiger partial charge in [-0.1, -0.05) is 285 Å². The van der Waals surface area contributed by atoms with E-state index < -0.39 is 0 Å². The number of rotatable bonds is 48. The molecule has 0 saturated heterocycles. The first-order valence-corrected chi connectivity index (χ1v) is 36.9. The van der Waals surface area contributed by atoms with E-state index in [1.54, 1.807) is 22.7 Å². The fourth-order valence-corrected chi connectivity index (χ4v) is 17.0. The molecule has 2 unspecified atom stereocenters. The minimum Gasteiger partial charge on any atom is -0.285 e. The van der Waals surface area contributed by atoms with Crippen LogP contribution in [0, 0.1) is 36.4 Å². The van der Waals surface area contributed by atoms with Gasteiger partial charge in [-0.25, -0.2) is 9.97 Å². The van der Waals surface area contributed by atoms with Crippen molar-refractivity contribution in [2.45, 2.75) is 311 Å². The summed E-state index contributed by atoms with van der Waals surface area (Å²) in [5.74, 6) is 1.40. The summed E-state index contributed by atoms with van der Waals surface area (Å²) < 4.78 is 0. The zero-order valence-corrected chi connectivity index (χ0v) is 54.9. The van der Waals surface area contributed by atoms with Crippen LogP contribution < -0.4 is 10.9 Å². The summed E-state index contributed by atoms with van der Waals surface area (Å²) in [4.78, 5) is 47.5. The normalized spacial score (nSPS) is 12.7. The molecule has 8 heteroatoms. The Kier molecular flexibility index (Phi) is 32.3. The third-order valence-corrected chi connectivity index (χ3v) is 22.1. The molecule has 80 heavy (non-hydrogen) atoms. The Hall–Kier alpha value is -2.78. The Morgan fingerprint density at radius 1 is 0.338 bits per heavy atom. The summed E-state index contributed by atoms with van der Waals surface area (Å²) in [7, 11) is 0. The maximum atomic E-state index is 14.2. The Morgan fingerprint density at radius 3 is 0.863 bits per heavy atom. The van der Waals surface area contributed by atoms with Crippen LogP contribution in [-0.2, 0) is 12.8 Å². The highest BCUT2D eigenvalue weighted by Crippen LogP contribution is 2.43. The Balaban J connectivity index is 1.09. The number of hydrogen-bond donors (Lipinski definition) is 0. The summed E-state index contributed by atoms with van der Waals surface area (Å²) in [6.07, 6.45) is 57.0. The van der Waals surface area contributed by atoms with E-state index in [2.05, 4.69) is 77.9 Å². The van der Waals surface area contributed by atoms with Gasteiger partial charge in [0.15, 0.2) is 0 Å². The summed E-state index contributed by atoms with van der Waals surface area (Å²) in [6, 6.07) is 13.4. The maximum absolute atomic E-state index is 14.2. The van der Waals surface area contributed by atoms with Gasteiger partial charge in [0.2, 0.25) is 10.9 Å². The lowest BCUT2D eigenvalue weighted by Crippen LogP contribution is -2.05. The molecule has 4 aromatic heterocycles. The van der Waals surface area contributed by atoms with Crippen LogP contribution in [0.15, 0.2) is 46.0 Å². The molecule has 0 aromatic carbocycles. The molecule has 0 fully saturated rings. The highest BCUT2D eigenvalue weighted by Gasteiger charge is 2.24. The van der Waals surface area contributed by atoms with Gasteiger partial charge < -0.3 is 0 Å². The fraction of sp³-hybridized carbons (Fsp3) is 0.694. The fourth-order valence-electron chi connectivity index (χ4n) is 12.6. The topological polar surface area (TPSA) is 59.9 Å². The van der Waals surface area contributed by atoms with Crippen LogP contribution in [0.3, 0.4) is 0 Å². The molecule has 0 saturated carbocycles. The minimum atomic E-state index is -0.223. The first-order chi connectivity index (χ1) is 39.2. The van der Waals surface area contributed by atoms with Crippen molar-refractivity contribution in [3.63, 3.8) is 0 Å². The van der Waals surface area contributed by atoms with Crippen LogP contribution >= 0.6 is 45.3 Å². The first kappa shape index (κ1) is 66.4. The van der Waals surface area contributed by atoms with Crippen molar-refractivity contribution in [3.8, 4) is 40.7 Å². The summed E-state index contributed by atoms with van der Waals surface area (Å²) >= 11 is 7.07. The van der Waals surface area contributed by atoms with Crippen LogP contribution in [0.25, 0.3) is 40.7 Å². The molecule has 6 heterocycles. The molecule has 4 aromatic rings. The molecule has 0 spiro atoms. The zero-order valence-electron chi connectivity index (χ0n) is 51.7. The van der Waals surface area contributed by atoms with E-state index in [1.807, 2.05) is 22.7 Å². The number of hydrogen-bond acceptors (Lipinski definition) is 8. The predicted molar refractivity (Wildman–Crippen MR) is 357 cm³/mol. The highest BCUT2D eigenvalue weighted by atomic mass is 32.1. The molecule has 0 aliphatic carbocycles. The van der Waals surface area contributed by atoms with Gasteiger partial charge >= 0.3 is 0 Å². The standard InChI is InChI=1S/C72H110N2O2S4/c1-7-11-15-19-23-27-29-33-37-41-45-57(43-39-35-31-25-21-17-13-9-3)53-59-51-55(5)77-71(59)63-49-47-61(79-63)65-69(75)67-68(73-65)70(76)66(74-67)62-48-50-64(80-62)72-60(52-56(6)78-72)54-58(44-40-36-32-26-22-18-14-10-4)46-42-38-34-30-28-24-20-16-12-8-2/h47-52,57-58H,7-46,53-54H2,1-6H3. The highest BCUT2D eigenvalue weighted by molar-refractivity contribution is 7.24. The van der Waals surface area contributed by atoms with E-state index in [4.69, 9.17) is 9.97 Å². The smallest absolute Gasteiger partial charge is 0.233 e. The van der Waals surface area contributed by atoms with Crippen molar-refractivity contribution in [1.29, 1.82) is 0 Å². The monoisotopic (exact) mass is 1160 g/mol. The van der Waals surface area contributed by atoms with Gasteiger partial charge in [0.05, 0.1) is 9.75 Å². The SMILES string of the molecule is CCCCCCCCCCCCC(CCCCCCCCCC)Cc1cc(C)sc1-c1ccc(-c2nc3c(=O)c(-c4ccc(-c5sc(C)cc5CC(CCCCCCCCCC)CCCCCCCCCCCC)s4)nc=3c2=O)s1. The van der Waals surface area contributed by atoms with Crippen LogP contribution in [0.1, 0.15) is 305 Å². The molecule has 2 aliphatic heterocycles. The third-order valence-electron chi connectivity index (χ3n) is 17.4. The molecule has 0 radical (unpaired) electrons. The Labute approximate surface area is 504 Å². The third kappa shape index (κ3) is 22.7. The van der Waals surface area contributed by atoms with Gasteiger partial charge in [0, 0.05) is 29.3 Å². The molecule has 0 bridgehead atoms. The number of thiophene rings is 4. The van der Waals surface area contributed by atoms with Crippen LogP contribution in [0.4, 0.5) is 0 Å².